The van der Waals surface area contributed by atoms with E-state index in [4.69, 9.17) is 5.73 Å². The van der Waals surface area contributed by atoms with Crippen molar-refractivity contribution in [2.75, 3.05) is 6.54 Å². The van der Waals surface area contributed by atoms with E-state index in [1.165, 1.54) is 5.56 Å². The standard InChI is InChI=1S/C18H23N3OS.2ClH/c1-13-21-16(12-23-13)15-6-4-14(5-7-15)8-11-20-17(22)18(19)9-2-3-10-18;;/h4-7,12H,2-3,8-11,19H2,1H3,(H,20,22);2*1H. The Balaban J connectivity index is 0.00000156. The fourth-order valence-corrected chi connectivity index (χ4v) is 3.69. The monoisotopic (exact) mass is 401 g/mol. The van der Waals surface area contributed by atoms with Gasteiger partial charge in [0.1, 0.15) is 0 Å². The highest BCUT2D eigenvalue weighted by atomic mass is 35.5. The molecule has 1 aliphatic carbocycles. The van der Waals surface area contributed by atoms with Gasteiger partial charge in [0, 0.05) is 17.5 Å². The molecular formula is C18H25Cl2N3OS. The van der Waals surface area contributed by atoms with Crippen LogP contribution in [0.4, 0.5) is 0 Å². The summed E-state index contributed by atoms with van der Waals surface area (Å²) in [5.41, 5.74) is 8.88. The summed E-state index contributed by atoms with van der Waals surface area (Å²) in [6, 6.07) is 8.38. The summed E-state index contributed by atoms with van der Waals surface area (Å²) < 4.78 is 0. The van der Waals surface area contributed by atoms with Crippen LogP contribution in [0.2, 0.25) is 0 Å². The summed E-state index contributed by atoms with van der Waals surface area (Å²) in [5.74, 6) is 0.00423. The second-order valence-electron chi connectivity index (χ2n) is 6.32. The SMILES string of the molecule is Cc1nc(-c2ccc(CCNC(=O)C3(N)CCCC3)cc2)cs1.Cl.Cl. The van der Waals surface area contributed by atoms with Gasteiger partial charge in [-0.05, 0) is 31.7 Å². The molecule has 0 radical (unpaired) electrons. The molecule has 0 spiro atoms. The molecule has 0 bridgehead atoms. The lowest BCUT2D eigenvalue weighted by molar-refractivity contribution is -0.126. The van der Waals surface area contributed by atoms with E-state index < -0.39 is 5.54 Å². The van der Waals surface area contributed by atoms with Crippen LogP contribution in [0.5, 0.6) is 0 Å². The smallest absolute Gasteiger partial charge is 0.240 e. The van der Waals surface area contributed by atoms with Crippen molar-refractivity contribution in [3.05, 3.63) is 40.2 Å². The van der Waals surface area contributed by atoms with E-state index in [1.54, 1.807) is 11.3 Å². The van der Waals surface area contributed by atoms with E-state index in [0.29, 0.717) is 6.54 Å². The molecule has 1 aromatic heterocycles. The number of nitrogens with two attached hydrogens (primary N) is 1. The number of thiazole rings is 1. The first-order valence-electron chi connectivity index (χ1n) is 8.15. The van der Waals surface area contributed by atoms with Crippen molar-refractivity contribution >= 4 is 42.1 Å². The van der Waals surface area contributed by atoms with Crippen molar-refractivity contribution in [3.63, 3.8) is 0 Å². The average Bonchev–Trinajstić information content (AvgIpc) is 3.17. The van der Waals surface area contributed by atoms with Crippen LogP contribution in [-0.4, -0.2) is 23.0 Å². The maximum atomic E-state index is 12.2. The van der Waals surface area contributed by atoms with Crippen LogP contribution >= 0.6 is 36.2 Å². The molecule has 7 heteroatoms. The third-order valence-electron chi connectivity index (χ3n) is 4.52. The quantitative estimate of drug-likeness (QED) is 0.797. The van der Waals surface area contributed by atoms with Gasteiger partial charge in [-0.2, -0.15) is 0 Å². The van der Waals surface area contributed by atoms with Crippen LogP contribution in [-0.2, 0) is 11.2 Å². The average molecular weight is 402 g/mol. The van der Waals surface area contributed by atoms with E-state index in [1.807, 2.05) is 6.92 Å². The lowest BCUT2D eigenvalue weighted by Crippen LogP contribution is -2.52. The minimum absolute atomic E-state index is 0. The predicted molar refractivity (Wildman–Crippen MR) is 109 cm³/mol. The summed E-state index contributed by atoms with van der Waals surface area (Å²) in [5, 5.41) is 6.14. The number of carbonyl (C=O) groups excluding carboxylic acids is 1. The molecule has 0 aliphatic heterocycles. The number of amides is 1. The zero-order chi connectivity index (χ0) is 16.3. The molecule has 1 fully saturated rings. The van der Waals surface area contributed by atoms with Crippen LogP contribution in [0.15, 0.2) is 29.6 Å². The van der Waals surface area contributed by atoms with E-state index in [-0.39, 0.29) is 30.7 Å². The Labute approximate surface area is 165 Å². The number of hydrogen-bond donors (Lipinski definition) is 2. The number of nitrogens with zero attached hydrogens (tertiary/aromatic N) is 1. The Kier molecular flexibility index (Phi) is 8.35. The molecule has 3 rings (SSSR count). The first-order valence-corrected chi connectivity index (χ1v) is 9.03. The molecule has 1 amide bonds. The molecule has 3 N–H and O–H groups in total. The third-order valence-corrected chi connectivity index (χ3v) is 5.29. The lowest BCUT2D eigenvalue weighted by atomic mass is 9.98. The van der Waals surface area contributed by atoms with Crippen LogP contribution < -0.4 is 11.1 Å². The number of aromatic nitrogens is 1. The van der Waals surface area contributed by atoms with Crippen LogP contribution in [0.3, 0.4) is 0 Å². The highest BCUT2D eigenvalue weighted by Crippen LogP contribution is 2.27. The van der Waals surface area contributed by atoms with E-state index in [2.05, 4.69) is 39.9 Å². The summed E-state index contributed by atoms with van der Waals surface area (Å²) in [4.78, 5) is 16.7. The topological polar surface area (TPSA) is 68.0 Å². The third kappa shape index (κ3) is 5.42. The van der Waals surface area contributed by atoms with Crippen molar-refractivity contribution in [1.82, 2.24) is 10.3 Å². The van der Waals surface area contributed by atoms with Gasteiger partial charge in [0.05, 0.1) is 16.2 Å². The Morgan fingerprint density at radius 2 is 1.88 bits per heavy atom. The van der Waals surface area contributed by atoms with Crippen molar-refractivity contribution in [2.24, 2.45) is 5.73 Å². The maximum Gasteiger partial charge on any atom is 0.240 e. The number of hydrogen-bond acceptors (Lipinski definition) is 4. The molecule has 1 heterocycles. The lowest BCUT2D eigenvalue weighted by Gasteiger charge is -2.22. The highest BCUT2D eigenvalue weighted by Gasteiger charge is 2.36. The number of aryl methyl sites for hydroxylation is 1. The normalized spacial score (nSPS) is 15.1. The Morgan fingerprint density at radius 1 is 1.24 bits per heavy atom. The molecule has 0 atom stereocenters. The molecular weight excluding hydrogens is 377 g/mol. The zero-order valence-electron chi connectivity index (χ0n) is 14.3. The van der Waals surface area contributed by atoms with E-state index >= 15 is 0 Å². The number of benzene rings is 1. The molecule has 2 aromatic rings. The molecule has 4 nitrogen and oxygen atoms in total. The Morgan fingerprint density at radius 3 is 2.44 bits per heavy atom. The van der Waals surface area contributed by atoms with Crippen molar-refractivity contribution in [2.45, 2.75) is 44.6 Å². The fraction of sp³-hybridized carbons (Fsp3) is 0.444. The molecule has 0 unspecified atom stereocenters. The van der Waals surface area contributed by atoms with Gasteiger partial charge in [0.25, 0.3) is 0 Å². The van der Waals surface area contributed by atoms with Gasteiger partial charge >= 0.3 is 0 Å². The maximum absolute atomic E-state index is 12.2. The molecule has 25 heavy (non-hydrogen) atoms. The van der Waals surface area contributed by atoms with Gasteiger partial charge in [0.2, 0.25) is 5.91 Å². The predicted octanol–water partition coefficient (Wildman–Crippen LogP) is 3.89. The van der Waals surface area contributed by atoms with Crippen LogP contribution in [0.1, 0.15) is 36.3 Å². The van der Waals surface area contributed by atoms with Crippen molar-refractivity contribution < 1.29 is 4.79 Å². The van der Waals surface area contributed by atoms with Gasteiger partial charge < -0.3 is 11.1 Å². The molecule has 1 saturated carbocycles. The number of nitrogens with one attached hydrogen (secondary N) is 1. The van der Waals surface area contributed by atoms with Crippen LogP contribution in [0.25, 0.3) is 11.3 Å². The second kappa shape index (κ2) is 9.53. The largest absolute Gasteiger partial charge is 0.354 e. The zero-order valence-corrected chi connectivity index (χ0v) is 16.7. The Bertz CT molecular complexity index is 682. The molecule has 1 aromatic carbocycles. The molecule has 1 aliphatic rings. The van der Waals surface area contributed by atoms with Crippen LogP contribution in [0, 0.1) is 6.92 Å². The van der Waals surface area contributed by atoms with Crippen molar-refractivity contribution in [1.29, 1.82) is 0 Å². The van der Waals surface area contributed by atoms with Gasteiger partial charge in [0.15, 0.2) is 0 Å². The number of rotatable bonds is 5. The van der Waals surface area contributed by atoms with Crippen molar-refractivity contribution in [3.8, 4) is 11.3 Å². The minimum Gasteiger partial charge on any atom is -0.354 e. The van der Waals surface area contributed by atoms with E-state index in [0.717, 1.165) is 48.4 Å². The van der Waals surface area contributed by atoms with Gasteiger partial charge in [-0.1, -0.05) is 37.1 Å². The summed E-state index contributed by atoms with van der Waals surface area (Å²) in [6.45, 7) is 2.65. The molecule has 138 valence electrons. The fourth-order valence-electron chi connectivity index (χ4n) is 3.07. The first-order chi connectivity index (χ1) is 11.1. The van der Waals surface area contributed by atoms with Gasteiger partial charge in [-0.15, -0.1) is 36.2 Å². The highest BCUT2D eigenvalue weighted by molar-refractivity contribution is 7.09. The first kappa shape index (κ1) is 21.9. The summed E-state index contributed by atoms with van der Waals surface area (Å²) >= 11 is 1.66. The van der Waals surface area contributed by atoms with Gasteiger partial charge in [-0.3, -0.25) is 4.79 Å². The minimum atomic E-state index is -0.633. The molecule has 0 saturated heterocycles. The summed E-state index contributed by atoms with van der Waals surface area (Å²) in [6.07, 6.45) is 4.54. The second-order valence-corrected chi connectivity index (χ2v) is 7.38. The summed E-state index contributed by atoms with van der Waals surface area (Å²) in [7, 11) is 0. The number of halogens is 2. The Hall–Kier alpha value is -1.14. The number of carbonyl (C=O) groups is 1. The van der Waals surface area contributed by atoms with Gasteiger partial charge in [-0.25, -0.2) is 4.98 Å². The van der Waals surface area contributed by atoms with E-state index in [9.17, 15) is 4.79 Å².